The molecule has 0 aliphatic rings. The summed E-state index contributed by atoms with van der Waals surface area (Å²) in [5.74, 6) is 2.27. The standard InChI is InChI=1S/C20H22N2O4/c1-12(15-5-7-16(24-4)8-6-15)21-20(23)19-10-9-17(25-19)11-18-13(2)22-26-14(18)3/h5-10,12H,11H2,1-4H3,(H,21,23). The van der Waals surface area contributed by atoms with E-state index in [-0.39, 0.29) is 17.7 Å². The zero-order valence-corrected chi connectivity index (χ0v) is 15.3. The molecule has 1 amide bonds. The third-order valence-corrected chi connectivity index (χ3v) is 4.38. The van der Waals surface area contributed by atoms with Crippen LogP contribution in [0.15, 0.2) is 45.3 Å². The van der Waals surface area contributed by atoms with E-state index in [1.54, 1.807) is 19.2 Å². The van der Waals surface area contributed by atoms with Crippen molar-refractivity contribution in [2.75, 3.05) is 7.11 Å². The van der Waals surface area contributed by atoms with E-state index in [1.165, 1.54) is 0 Å². The zero-order chi connectivity index (χ0) is 18.7. The van der Waals surface area contributed by atoms with E-state index in [4.69, 9.17) is 13.7 Å². The summed E-state index contributed by atoms with van der Waals surface area (Å²) < 4.78 is 16.0. The van der Waals surface area contributed by atoms with E-state index in [9.17, 15) is 4.79 Å². The number of furan rings is 1. The summed E-state index contributed by atoms with van der Waals surface area (Å²) in [4.78, 5) is 12.4. The fourth-order valence-electron chi connectivity index (χ4n) is 2.77. The second-order valence-corrected chi connectivity index (χ2v) is 6.21. The quantitative estimate of drug-likeness (QED) is 0.724. The molecule has 136 valence electrons. The fourth-order valence-corrected chi connectivity index (χ4v) is 2.77. The molecule has 1 atom stereocenters. The van der Waals surface area contributed by atoms with Crippen LogP contribution in [0.2, 0.25) is 0 Å². The van der Waals surface area contributed by atoms with Crippen molar-refractivity contribution in [3.63, 3.8) is 0 Å². The fraction of sp³-hybridized carbons (Fsp3) is 0.300. The lowest BCUT2D eigenvalue weighted by Gasteiger charge is -2.13. The molecule has 1 N–H and O–H groups in total. The Kier molecular flexibility index (Phi) is 5.11. The van der Waals surface area contributed by atoms with Gasteiger partial charge in [0.15, 0.2) is 5.76 Å². The molecule has 1 aromatic carbocycles. The van der Waals surface area contributed by atoms with Crippen LogP contribution in [-0.4, -0.2) is 18.2 Å². The minimum atomic E-state index is -0.252. The maximum absolute atomic E-state index is 12.4. The highest BCUT2D eigenvalue weighted by Crippen LogP contribution is 2.21. The largest absolute Gasteiger partial charge is 0.497 e. The van der Waals surface area contributed by atoms with Gasteiger partial charge >= 0.3 is 0 Å². The number of carbonyl (C=O) groups is 1. The van der Waals surface area contributed by atoms with Crippen LogP contribution in [0.1, 0.15) is 51.9 Å². The van der Waals surface area contributed by atoms with Gasteiger partial charge in [-0.05, 0) is 50.6 Å². The SMILES string of the molecule is COc1ccc(C(C)NC(=O)c2ccc(Cc3c(C)noc3C)o2)cc1. The van der Waals surface area contributed by atoms with Gasteiger partial charge in [0.1, 0.15) is 17.3 Å². The first kappa shape index (κ1) is 17.8. The monoisotopic (exact) mass is 354 g/mol. The number of hydrogen-bond acceptors (Lipinski definition) is 5. The van der Waals surface area contributed by atoms with E-state index in [0.29, 0.717) is 12.2 Å². The number of aromatic nitrogens is 1. The summed E-state index contributed by atoms with van der Waals surface area (Å²) in [6.07, 6.45) is 0.544. The van der Waals surface area contributed by atoms with Gasteiger partial charge < -0.3 is 19.0 Å². The lowest BCUT2D eigenvalue weighted by molar-refractivity contribution is 0.0910. The van der Waals surface area contributed by atoms with Gasteiger partial charge in [-0.2, -0.15) is 0 Å². The lowest BCUT2D eigenvalue weighted by Crippen LogP contribution is -2.26. The molecule has 1 unspecified atom stereocenters. The smallest absolute Gasteiger partial charge is 0.287 e. The van der Waals surface area contributed by atoms with Crippen molar-refractivity contribution in [1.29, 1.82) is 0 Å². The minimum Gasteiger partial charge on any atom is -0.497 e. The van der Waals surface area contributed by atoms with Crippen LogP contribution >= 0.6 is 0 Å². The molecular formula is C20H22N2O4. The van der Waals surface area contributed by atoms with Gasteiger partial charge in [0.2, 0.25) is 0 Å². The Morgan fingerprint density at radius 2 is 1.92 bits per heavy atom. The molecule has 3 aromatic rings. The van der Waals surface area contributed by atoms with Gasteiger partial charge in [0.05, 0.1) is 18.8 Å². The van der Waals surface area contributed by atoms with Crippen LogP contribution < -0.4 is 10.1 Å². The Morgan fingerprint density at radius 3 is 2.54 bits per heavy atom. The van der Waals surface area contributed by atoms with Crippen LogP contribution in [0, 0.1) is 13.8 Å². The van der Waals surface area contributed by atoms with Crippen LogP contribution in [0.5, 0.6) is 5.75 Å². The number of nitrogens with one attached hydrogen (secondary N) is 1. The van der Waals surface area contributed by atoms with E-state index >= 15 is 0 Å². The van der Waals surface area contributed by atoms with E-state index in [2.05, 4.69) is 10.5 Å². The van der Waals surface area contributed by atoms with Crippen LogP contribution in [-0.2, 0) is 6.42 Å². The first-order valence-corrected chi connectivity index (χ1v) is 8.43. The van der Waals surface area contributed by atoms with E-state index in [1.807, 2.05) is 45.0 Å². The number of ether oxygens (including phenoxy) is 1. The number of benzene rings is 1. The number of methoxy groups -OCH3 is 1. The number of aryl methyl sites for hydroxylation is 2. The van der Waals surface area contributed by atoms with Crippen LogP contribution in [0.4, 0.5) is 0 Å². The van der Waals surface area contributed by atoms with Crippen molar-refractivity contribution in [2.24, 2.45) is 0 Å². The zero-order valence-electron chi connectivity index (χ0n) is 15.3. The molecule has 0 aliphatic heterocycles. The normalized spacial score (nSPS) is 12.0. The molecule has 2 aromatic heterocycles. The highest BCUT2D eigenvalue weighted by atomic mass is 16.5. The molecule has 3 rings (SSSR count). The Bertz CT molecular complexity index is 873. The van der Waals surface area contributed by atoms with E-state index < -0.39 is 0 Å². The summed E-state index contributed by atoms with van der Waals surface area (Å²) >= 11 is 0. The molecule has 6 nitrogen and oxygen atoms in total. The first-order chi connectivity index (χ1) is 12.5. The second kappa shape index (κ2) is 7.47. The Labute approximate surface area is 152 Å². The third kappa shape index (κ3) is 3.79. The van der Waals surface area contributed by atoms with Crippen molar-refractivity contribution in [3.05, 3.63) is 70.5 Å². The van der Waals surface area contributed by atoms with Gasteiger partial charge in [-0.1, -0.05) is 17.3 Å². The summed E-state index contributed by atoms with van der Waals surface area (Å²) in [6.45, 7) is 5.68. The number of hydrogen-bond donors (Lipinski definition) is 1. The Hall–Kier alpha value is -3.02. The molecule has 0 spiro atoms. The summed E-state index contributed by atoms with van der Waals surface area (Å²) in [6, 6.07) is 10.9. The van der Waals surface area contributed by atoms with Crippen LogP contribution in [0.3, 0.4) is 0 Å². The molecule has 0 aliphatic carbocycles. The molecule has 0 saturated carbocycles. The number of rotatable bonds is 6. The average molecular weight is 354 g/mol. The highest BCUT2D eigenvalue weighted by molar-refractivity contribution is 5.91. The number of amides is 1. The summed E-state index contributed by atoms with van der Waals surface area (Å²) in [7, 11) is 1.62. The summed E-state index contributed by atoms with van der Waals surface area (Å²) in [5, 5.41) is 6.88. The van der Waals surface area contributed by atoms with E-state index in [0.717, 1.165) is 28.3 Å². The Balaban J connectivity index is 1.65. The molecule has 26 heavy (non-hydrogen) atoms. The molecule has 0 fully saturated rings. The van der Waals surface area contributed by atoms with Crippen molar-refractivity contribution in [1.82, 2.24) is 10.5 Å². The maximum atomic E-state index is 12.4. The minimum absolute atomic E-state index is 0.149. The maximum Gasteiger partial charge on any atom is 0.287 e. The number of nitrogens with zero attached hydrogens (tertiary/aromatic N) is 1. The van der Waals surface area contributed by atoms with Gasteiger partial charge in [-0.15, -0.1) is 0 Å². The van der Waals surface area contributed by atoms with Gasteiger partial charge in [0.25, 0.3) is 5.91 Å². The van der Waals surface area contributed by atoms with Gasteiger partial charge in [-0.3, -0.25) is 4.79 Å². The highest BCUT2D eigenvalue weighted by Gasteiger charge is 2.17. The molecule has 0 bridgehead atoms. The predicted molar refractivity (Wildman–Crippen MR) is 96.4 cm³/mol. The predicted octanol–water partition coefficient (Wildman–Crippen LogP) is 3.97. The van der Waals surface area contributed by atoms with Gasteiger partial charge in [0, 0.05) is 12.0 Å². The Morgan fingerprint density at radius 1 is 1.19 bits per heavy atom. The van der Waals surface area contributed by atoms with Crippen LogP contribution in [0.25, 0.3) is 0 Å². The number of carbonyl (C=O) groups excluding carboxylic acids is 1. The average Bonchev–Trinajstić information content (AvgIpc) is 3.24. The molecule has 2 heterocycles. The van der Waals surface area contributed by atoms with Crippen molar-refractivity contribution >= 4 is 5.91 Å². The molecular weight excluding hydrogens is 332 g/mol. The molecule has 6 heteroatoms. The van der Waals surface area contributed by atoms with Crippen molar-refractivity contribution in [2.45, 2.75) is 33.2 Å². The third-order valence-electron chi connectivity index (χ3n) is 4.38. The molecule has 0 radical (unpaired) electrons. The van der Waals surface area contributed by atoms with Gasteiger partial charge in [-0.25, -0.2) is 0 Å². The first-order valence-electron chi connectivity index (χ1n) is 8.43. The summed E-state index contributed by atoms with van der Waals surface area (Å²) in [5.41, 5.74) is 2.80. The topological polar surface area (TPSA) is 77.5 Å². The molecule has 0 saturated heterocycles. The lowest BCUT2D eigenvalue weighted by atomic mass is 10.1. The second-order valence-electron chi connectivity index (χ2n) is 6.21. The van der Waals surface area contributed by atoms with Crippen molar-refractivity contribution in [3.8, 4) is 5.75 Å². The van der Waals surface area contributed by atoms with Crippen molar-refractivity contribution < 1.29 is 18.5 Å².